The minimum absolute atomic E-state index is 0.126. The van der Waals surface area contributed by atoms with Crippen LogP contribution in [0.2, 0.25) is 0 Å². The van der Waals surface area contributed by atoms with Crippen molar-refractivity contribution in [3.8, 4) is 0 Å². The molecular weight excluding hydrogens is 489 g/mol. The van der Waals surface area contributed by atoms with Crippen LogP contribution in [0.5, 0.6) is 0 Å². The van der Waals surface area contributed by atoms with Crippen LogP contribution >= 0.6 is 0 Å². The molecule has 0 spiro atoms. The molecule has 200 valence electrons. The lowest BCUT2D eigenvalue weighted by atomic mass is 10.1. The highest BCUT2D eigenvalue weighted by Crippen LogP contribution is 2.30. The molecule has 5 heterocycles. The first-order valence-corrected chi connectivity index (χ1v) is 12.6. The first kappa shape index (κ1) is 25.5. The van der Waals surface area contributed by atoms with Crippen LogP contribution < -0.4 is 15.5 Å². The quantitative estimate of drug-likeness (QED) is 0.408. The third-order valence-corrected chi connectivity index (χ3v) is 6.41. The van der Waals surface area contributed by atoms with Gasteiger partial charge < -0.3 is 20.3 Å². The molecule has 2 N–H and O–H groups in total. The molecule has 2 aliphatic rings. The zero-order chi connectivity index (χ0) is 25.7. The Morgan fingerprint density at radius 3 is 2.59 bits per heavy atom. The van der Waals surface area contributed by atoms with Crippen molar-refractivity contribution in [2.24, 2.45) is 0 Å². The van der Waals surface area contributed by atoms with Gasteiger partial charge in [0.25, 0.3) is 0 Å². The number of anilines is 3. The lowest BCUT2D eigenvalue weighted by molar-refractivity contribution is -0.174. The van der Waals surface area contributed by atoms with Gasteiger partial charge in [-0.05, 0) is 32.0 Å². The fourth-order valence-corrected chi connectivity index (χ4v) is 4.65. The Morgan fingerprint density at radius 1 is 1.05 bits per heavy atom. The third-order valence-electron chi connectivity index (χ3n) is 6.41. The summed E-state index contributed by atoms with van der Waals surface area (Å²) in [6.45, 7) is 4.42. The standard InChI is InChI=1S/C23H31F3N10O/c24-23(25,26)15-37-13-12-36-20-19(17(33-36)14-34-8-2-1-3-9-34)31-22(35-10-6-27-7-11-35)32-21(20)30-18-4-5-28-16-29-18/h4-5,16,27H,1-3,6-15H2,(H,28,29,30,31,32). The Hall–Kier alpha value is -3.10. The van der Waals surface area contributed by atoms with Crippen molar-refractivity contribution < 1.29 is 17.9 Å². The molecule has 0 aromatic carbocycles. The SMILES string of the molecule is FC(F)(F)COCCn1nc(CN2CCCCC2)c2nc(N3CCNCC3)nc(Nc3ccncn3)c21. The molecule has 2 aliphatic heterocycles. The maximum Gasteiger partial charge on any atom is 0.411 e. The summed E-state index contributed by atoms with van der Waals surface area (Å²) in [6, 6.07) is 1.72. The van der Waals surface area contributed by atoms with E-state index in [0.29, 0.717) is 35.2 Å². The van der Waals surface area contributed by atoms with E-state index in [-0.39, 0.29) is 13.2 Å². The van der Waals surface area contributed by atoms with E-state index in [0.717, 1.165) is 57.8 Å². The smallest absolute Gasteiger partial charge is 0.370 e. The van der Waals surface area contributed by atoms with Crippen molar-refractivity contribution in [3.63, 3.8) is 0 Å². The number of nitrogens with zero attached hydrogens (tertiary/aromatic N) is 8. The van der Waals surface area contributed by atoms with Crippen LogP contribution in [0.4, 0.5) is 30.8 Å². The summed E-state index contributed by atoms with van der Waals surface area (Å²) in [7, 11) is 0. The summed E-state index contributed by atoms with van der Waals surface area (Å²) < 4.78 is 44.4. The zero-order valence-corrected chi connectivity index (χ0v) is 20.5. The van der Waals surface area contributed by atoms with Gasteiger partial charge in [0.2, 0.25) is 5.95 Å². The van der Waals surface area contributed by atoms with Gasteiger partial charge in [0.15, 0.2) is 5.82 Å². The van der Waals surface area contributed by atoms with Crippen LogP contribution in [-0.4, -0.2) is 93.3 Å². The number of alkyl halides is 3. The van der Waals surface area contributed by atoms with Gasteiger partial charge in [-0.1, -0.05) is 6.42 Å². The molecule has 0 saturated carbocycles. The van der Waals surface area contributed by atoms with E-state index < -0.39 is 12.8 Å². The van der Waals surface area contributed by atoms with E-state index >= 15 is 0 Å². The summed E-state index contributed by atoms with van der Waals surface area (Å²) in [6.07, 6.45) is 2.14. The van der Waals surface area contributed by atoms with Gasteiger partial charge in [-0.3, -0.25) is 9.58 Å². The average Bonchev–Trinajstić information content (AvgIpc) is 3.25. The van der Waals surface area contributed by atoms with Gasteiger partial charge in [-0.15, -0.1) is 0 Å². The van der Waals surface area contributed by atoms with Crippen LogP contribution in [0, 0.1) is 0 Å². The topological polar surface area (TPSA) is 109 Å². The van der Waals surface area contributed by atoms with Crippen molar-refractivity contribution in [1.29, 1.82) is 0 Å². The average molecular weight is 521 g/mol. The van der Waals surface area contributed by atoms with Crippen molar-refractivity contribution >= 4 is 28.6 Å². The Balaban J connectivity index is 1.54. The van der Waals surface area contributed by atoms with E-state index in [1.54, 1.807) is 16.9 Å². The first-order valence-electron chi connectivity index (χ1n) is 12.6. The van der Waals surface area contributed by atoms with Gasteiger partial charge in [0.05, 0.1) is 13.2 Å². The Morgan fingerprint density at radius 2 is 1.86 bits per heavy atom. The molecule has 2 saturated heterocycles. The van der Waals surface area contributed by atoms with Crippen molar-refractivity contribution in [2.75, 3.05) is 62.7 Å². The maximum atomic E-state index is 12.6. The van der Waals surface area contributed by atoms with Crippen LogP contribution in [0.25, 0.3) is 11.0 Å². The number of hydrogen-bond donors (Lipinski definition) is 2. The summed E-state index contributed by atoms with van der Waals surface area (Å²) in [4.78, 5) is 22.5. The highest BCUT2D eigenvalue weighted by molar-refractivity contribution is 5.90. The molecule has 0 aliphatic carbocycles. The molecule has 3 aromatic rings. The number of piperazine rings is 1. The van der Waals surface area contributed by atoms with E-state index in [2.05, 4.69) is 30.4 Å². The van der Waals surface area contributed by atoms with Crippen molar-refractivity contribution in [3.05, 3.63) is 24.3 Å². The molecular formula is C23H31F3N10O. The number of aromatic nitrogens is 6. The molecule has 11 nitrogen and oxygen atoms in total. The van der Waals surface area contributed by atoms with Crippen LogP contribution in [0.15, 0.2) is 18.6 Å². The summed E-state index contributed by atoms with van der Waals surface area (Å²) >= 11 is 0. The number of nitrogens with one attached hydrogen (secondary N) is 2. The van der Waals surface area contributed by atoms with Crippen LogP contribution in [-0.2, 0) is 17.8 Å². The minimum Gasteiger partial charge on any atom is -0.370 e. The summed E-state index contributed by atoms with van der Waals surface area (Å²) in [5.74, 6) is 1.61. The van der Waals surface area contributed by atoms with Gasteiger partial charge in [-0.2, -0.15) is 23.3 Å². The molecule has 0 unspecified atom stereocenters. The highest BCUT2D eigenvalue weighted by Gasteiger charge is 2.28. The molecule has 37 heavy (non-hydrogen) atoms. The number of piperidine rings is 1. The number of fused-ring (bicyclic) bond motifs is 1. The van der Waals surface area contributed by atoms with E-state index in [4.69, 9.17) is 19.8 Å². The van der Waals surface area contributed by atoms with E-state index in [9.17, 15) is 13.2 Å². The number of halogens is 3. The Kier molecular flexibility index (Phi) is 7.96. The van der Waals surface area contributed by atoms with Gasteiger partial charge in [0, 0.05) is 38.9 Å². The Bertz CT molecular complexity index is 1160. The van der Waals surface area contributed by atoms with Crippen LogP contribution in [0.3, 0.4) is 0 Å². The second-order valence-electron chi connectivity index (χ2n) is 9.20. The largest absolute Gasteiger partial charge is 0.411 e. The molecule has 3 aromatic heterocycles. The second-order valence-corrected chi connectivity index (χ2v) is 9.20. The first-order chi connectivity index (χ1) is 18.0. The fourth-order valence-electron chi connectivity index (χ4n) is 4.65. The number of hydrogen-bond acceptors (Lipinski definition) is 10. The molecule has 0 atom stereocenters. The molecule has 2 fully saturated rings. The molecule has 0 bridgehead atoms. The number of ether oxygens (including phenoxy) is 1. The zero-order valence-electron chi connectivity index (χ0n) is 20.5. The molecule has 0 radical (unpaired) electrons. The maximum absolute atomic E-state index is 12.6. The molecule has 5 rings (SSSR count). The van der Waals surface area contributed by atoms with Gasteiger partial charge in [0.1, 0.15) is 35.5 Å². The normalized spacial score (nSPS) is 17.4. The van der Waals surface area contributed by atoms with Gasteiger partial charge in [-0.25, -0.2) is 15.0 Å². The van der Waals surface area contributed by atoms with Gasteiger partial charge >= 0.3 is 6.18 Å². The third kappa shape index (κ3) is 6.62. The number of likely N-dealkylation sites (tertiary alicyclic amines) is 1. The van der Waals surface area contributed by atoms with E-state index in [1.165, 1.54) is 12.7 Å². The van der Waals surface area contributed by atoms with Crippen molar-refractivity contribution in [1.82, 2.24) is 39.9 Å². The predicted molar refractivity (Wildman–Crippen MR) is 132 cm³/mol. The molecule has 14 heteroatoms. The van der Waals surface area contributed by atoms with Crippen LogP contribution in [0.1, 0.15) is 25.0 Å². The second kappa shape index (κ2) is 11.5. The van der Waals surface area contributed by atoms with Crippen molar-refractivity contribution in [2.45, 2.75) is 38.5 Å². The predicted octanol–water partition coefficient (Wildman–Crippen LogP) is 2.33. The summed E-state index contributed by atoms with van der Waals surface area (Å²) in [5.41, 5.74) is 2.07. The Labute approximate surface area is 212 Å². The lowest BCUT2D eigenvalue weighted by Crippen LogP contribution is -2.44. The monoisotopic (exact) mass is 520 g/mol. The number of rotatable bonds is 9. The summed E-state index contributed by atoms with van der Waals surface area (Å²) in [5, 5.41) is 11.4. The highest BCUT2D eigenvalue weighted by atomic mass is 19.4. The molecule has 0 amide bonds. The minimum atomic E-state index is -4.38. The fraction of sp³-hybridized carbons (Fsp3) is 0.609. The lowest BCUT2D eigenvalue weighted by Gasteiger charge is -2.28. The van der Waals surface area contributed by atoms with E-state index in [1.807, 2.05) is 0 Å².